The summed E-state index contributed by atoms with van der Waals surface area (Å²) in [5.41, 5.74) is 0.823. The van der Waals surface area contributed by atoms with Gasteiger partial charge >= 0.3 is 12.2 Å². The molecular weight excluding hydrogens is 369 g/mol. The highest BCUT2D eigenvalue weighted by atomic mass is 19.4. The van der Waals surface area contributed by atoms with Crippen LogP contribution < -0.4 is 5.32 Å². The summed E-state index contributed by atoms with van der Waals surface area (Å²) in [5.74, 6) is 0.639. The van der Waals surface area contributed by atoms with Gasteiger partial charge in [0.1, 0.15) is 5.76 Å². The van der Waals surface area contributed by atoms with Gasteiger partial charge in [0.25, 0.3) is 0 Å². The van der Waals surface area contributed by atoms with Crippen molar-refractivity contribution in [3.05, 3.63) is 95.4 Å². The van der Waals surface area contributed by atoms with E-state index in [9.17, 15) is 18.0 Å². The van der Waals surface area contributed by atoms with Crippen LogP contribution in [0.4, 0.5) is 18.0 Å². The van der Waals surface area contributed by atoms with E-state index in [4.69, 9.17) is 4.42 Å². The van der Waals surface area contributed by atoms with E-state index in [0.29, 0.717) is 17.9 Å². The maximum Gasteiger partial charge on any atom is 0.416 e. The minimum atomic E-state index is -4.38. The molecule has 1 aromatic heterocycles. The third kappa shape index (κ3) is 5.39. The minimum absolute atomic E-state index is 0.125. The molecule has 1 N–H and O–H groups in total. The number of nitrogens with zero attached hydrogens (tertiary/aromatic N) is 1. The second-order valence-corrected chi connectivity index (χ2v) is 6.27. The van der Waals surface area contributed by atoms with Crippen LogP contribution in [-0.4, -0.2) is 10.9 Å². The Kier molecular flexibility index (Phi) is 6.03. The summed E-state index contributed by atoms with van der Waals surface area (Å²) in [4.78, 5) is 14.2. The van der Waals surface area contributed by atoms with Crippen molar-refractivity contribution in [2.24, 2.45) is 0 Å². The third-order valence-electron chi connectivity index (χ3n) is 4.16. The average molecular weight is 388 g/mol. The Morgan fingerprint density at radius 2 is 1.61 bits per heavy atom. The molecule has 0 atom stereocenters. The Balaban J connectivity index is 1.65. The van der Waals surface area contributed by atoms with Gasteiger partial charge in [0.15, 0.2) is 0 Å². The summed E-state index contributed by atoms with van der Waals surface area (Å²) >= 11 is 0. The maximum absolute atomic E-state index is 12.7. The molecule has 0 saturated carbocycles. The van der Waals surface area contributed by atoms with Gasteiger partial charge in [0.05, 0.1) is 18.4 Å². The zero-order valence-electron chi connectivity index (χ0n) is 14.9. The number of hydrogen-bond acceptors (Lipinski definition) is 2. The fourth-order valence-corrected chi connectivity index (χ4v) is 2.70. The number of halogens is 3. The van der Waals surface area contributed by atoms with Crippen molar-refractivity contribution < 1.29 is 22.4 Å². The van der Waals surface area contributed by atoms with E-state index < -0.39 is 11.7 Å². The number of amides is 2. The largest absolute Gasteiger partial charge is 0.467 e. The van der Waals surface area contributed by atoms with Crippen LogP contribution in [0.25, 0.3) is 0 Å². The van der Waals surface area contributed by atoms with Gasteiger partial charge in [-0.1, -0.05) is 42.5 Å². The summed E-state index contributed by atoms with van der Waals surface area (Å²) in [6.07, 6.45) is -2.84. The molecule has 2 aromatic carbocycles. The molecule has 0 fully saturated rings. The number of carbonyl (C=O) groups is 1. The van der Waals surface area contributed by atoms with Crippen molar-refractivity contribution in [3.8, 4) is 0 Å². The van der Waals surface area contributed by atoms with Crippen molar-refractivity contribution in [1.29, 1.82) is 0 Å². The molecule has 0 saturated heterocycles. The lowest BCUT2D eigenvalue weighted by molar-refractivity contribution is -0.137. The average Bonchev–Trinajstić information content (AvgIpc) is 3.19. The smallest absolute Gasteiger partial charge is 0.416 e. The van der Waals surface area contributed by atoms with Gasteiger partial charge in [-0.25, -0.2) is 4.79 Å². The van der Waals surface area contributed by atoms with E-state index in [-0.39, 0.29) is 19.1 Å². The summed E-state index contributed by atoms with van der Waals surface area (Å²) in [6, 6.07) is 17.4. The number of alkyl halides is 3. The fourth-order valence-electron chi connectivity index (χ4n) is 2.70. The molecule has 0 aliphatic heterocycles. The zero-order chi connectivity index (χ0) is 20.0. The Morgan fingerprint density at radius 1 is 0.893 bits per heavy atom. The van der Waals surface area contributed by atoms with Gasteiger partial charge in [-0.2, -0.15) is 13.2 Å². The van der Waals surface area contributed by atoms with Gasteiger partial charge in [-0.3, -0.25) is 0 Å². The SMILES string of the molecule is O=C(NCc1ccc(C(F)(F)F)cc1)N(Cc1ccccc1)Cc1ccco1. The highest BCUT2D eigenvalue weighted by molar-refractivity contribution is 5.74. The quantitative estimate of drug-likeness (QED) is 0.630. The van der Waals surface area contributed by atoms with Crippen LogP contribution in [0, 0.1) is 0 Å². The molecule has 0 unspecified atom stereocenters. The van der Waals surface area contributed by atoms with Crippen LogP contribution in [0.15, 0.2) is 77.4 Å². The maximum atomic E-state index is 12.7. The molecule has 1 heterocycles. The van der Waals surface area contributed by atoms with Crippen molar-refractivity contribution >= 4 is 6.03 Å². The Morgan fingerprint density at radius 3 is 2.21 bits per heavy atom. The van der Waals surface area contributed by atoms with Crippen molar-refractivity contribution in [2.75, 3.05) is 0 Å². The van der Waals surface area contributed by atoms with E-state index in [1.54, 1.807) is 17.0 Å². The standard InChI is InChI=1S/C21H19F3N2O2/c22-21(23,24)18-10-8-16(9-11-18)13-25-20(27)26(15-19-7-4-12-28-19)14-17-5-2-1-3-6-17/h1-12H,13-15H2,(H,25,27). The first-order valence-corrected chi connectivity index (χ1v) is 8.67. The van der Waals surface area contributed by atoms with Crippen molar-refractivity contribution in [3.63, 3.8) is 0 Å². The third-order valence-corrected chi connectivity index (χ3v) is 4.16. The van der Waals surface area contributed by atoms with Crippen molar-refractivity contribution in [2.45, 2.75) is 25.8 Å². The molecule has 0 bridgehead atoms. The second kappa shape index (κ2) is 8.65. The number of hydrogen-bond donors (Lipinski definition) is 1. The molecule has 4 nitrogen and oxygen atoms in total. The fraction of sp³-hybridized carbons (Fsp3) is 0.190. The van der Waals surface area contributed by atoms with E-state index in [2.05, 4.69) is 5.32 Å². The number of benzene rings is 2. The topological polar surface area (TPSA) is 45.5 Å². The van der Waals surface area contributed by atoms with E-state index in [0.717, 1.165) is 17.7 Å². The first kappa shape index (κ1) is 19.5. The van der Waals surface area contributed by atoms with Crippen molar-refractivity contribution in [1.82, 2.24) is 10.2 Å². The molecular formula is C21H19F3N2O2. The molecule has 0 aliphatic rings. The second-order valence-electron chi connectivity index (χ2n) is 6.27. The first-order valence-electron chi connectivity index (χ1n) is 8.67. The Labute approximate surface area is 160 Å². The summed E-state index contributed by atoms with van der Waals surface area (Å²) in [7, 11) is 0. The molecule has 0 radical (unpaired) electrons. The van der Waals surface area contributed by atoms with Gasteiger partial charge in [-0.15, -0.1) is 0 Å². The monoisotopic (exact) mass is 388 g/mol. The first-order chi connectivity index (χ1) is 13.4. The highest BCUT2D eigenvalue weighted by Crippen LogP contribution is 2.29. The Hall–Kier alpha value is -3.22. The van der Waals surface area contributed by atoms with Gasteiger partial charge in [0.2, 0.25) is 0 Å². The molecule has 0 spiro atoms. The van der Waals surface area contributed by atoms with Gasteiger partial charge in [0, 0.05) is 13.1 Å². The van der Waals surface area contributed by atoms with E-state index >= 15 is 0 Å². The summed E-state index contributed by atoms with van der Waals surface area (Å²) in [6.45, 7) is 0.779. The van der Waals surface area contributed by atoms with Crippen LogP contribution >= 0.6 is 0 Å². The van der Waals surface area contributed by atoms with Crippen LogP contribution in [0.1, 0.15) is 22.5 Å². The van der Waals surface area contributed by atoms with E-state index in [1.807, 2.05) is 30.3 Å². The predicted molar refractivity (Wildman–Crippen MR) is 98.1 cm³/mol. The number of furan rings is 1. The highest BCUT2D eigenvalue weighted by Gasteiger charge is 2.29. The van der Waals surface area contributed by atoms with Gasteiger partial charge < -0.3 is 14.6 Å². The normalized spacial score (nSPS) is 11.2. The molecule has 7 heteroatoms. The lowest BCUT2D eigenvalue weighted by Crippen LogP contribution is -2.38. The minimum Gasteiger partial charge on any atom is -0.467 e. The predicted octanol–water partition coefficient (Wildman–Crippen LogP) is 5.21. The molecule has 28 heavy (non-hydrogen) atoms. The lowest BCUT2D eigenvalue weighted by atomic mass is 10.1. The molecule has 3 aromatic rings. The summed E-state index contributed by atoms with van der Waals surface area (Å²) in [5, 5.41) is 2.75. The Bertz CT molecular complexity index is 876. The van der Waals surface area contributed by atoms with Gasteiger partial charge in [-0.05, 0) is 35.4 Å². The van der Waals surface area contributed by atoms with Crippen LogP contribution in [0.5, 0.6) is 0 Å². The number of nitrogens with one attached hydrogen (secondary N) is 1. The number of rotatable bonds is 6. The van der Waals surface area contributed by atoms with Crippen LogP contribution in [-0.2, 0) is 25.8 Å². The zero-order valence-corrected chi connectivity index (χ0v) is 14.9. The lowest BCUT2D eigenvalue weighted by Gasteiger charge is -2.22. The molecule has 2 amide bonds. The molecule has 146 valence electrons. The number of carbonyl (C=O) groups excluding carboxylic acids is 1. The molecule has 3 rings (SSSR count). The van der Waals surface area contributed by atoms with E-state index in [1.165, 1.54) is 18.4 Å². The number of urea groups is 1. The molecule has 0 aliphatic carbocycles. The summed E-state index contributed by atoms with van der Waals surface area (Å²) < 4.78 is 43.3. The van der Waals surface area contributed by atoms with Crippen LogP contribution in [0.3, 0.4) is 0 Å². The van der Waals surface area contributed by atoms with Crippen LogP contribution in [0.2, 0.25) is 0 Å².